The molecule has 29 heavy (non-hydrogen) atoms. The molecule has 0 aliphatic rings. The number of ether oxygens (including phenoxy) is 2. The zero-order chi connectivity index (χ0) is 21.2. The molecule has 4 N–H and O–H groups in total. The highest BCUT2D eigenvalue weighted by atomic mass is 79.9. The maximum Gasteiger partial charge on any atom is 0.259 e. The number of hydrogen-bond donors (Lipinski definition) is 3. The first-order valence-electron chi connectivity index (χ1n) is 9.11. The number of rotatable bonds is 11. The van der Waals surface area contributed by atoms with Crippen LogP contribution in [0.5, 0.6) is 0 Å². The quantitative estimate of drug-likeness (QED) is 0.422. The molecule has 0 fully saturated rings. The second-order valence-electron chi connectivity index (χ2n) is 6.12. The predicted molar refractivity (Wildman–Crippen MR) is 118 cm³/mol. The van der Waals surface area contributed by atoms with Crippen molar-refractivity contribution in [2.45, 2.75) is 20.3 Å². The number of aryl methyl sites for hydroxylation is 2. The van der Waals surface area contributed by atoms with E-state index in [2.05, 4.69) is 31.5 Å². The Labute approximate surface area is 182 Å². The number of benzene rings is 1. The molecule has 0 atom stereocenters. The van der Waals surface area contributed by atoms with Gasteiger partial charge in [-0.2, -0.15) is 0 Å². The number of carbonyl (C=O) groups excluding carboxylic acids is 2. The fraction of sp³-hybridized carbons (Fsp3) is 0.421. The fourth-order valence-electron chi connectivity index (χ4n) is 2.29. The lowest BCUT2D eigenvalue weighted by Crippen LogP contribution is -2.19. The number of hydrogen-bond acceptors (Lipinski definition) is 7. The second kappa shape index (κ2) is 12.0. The molecule has 1 aromatic heterocycles. The van der Waals surface area contributed by atoms with Crippen molar-refractivity contribution in [3.8, 4) is 0 Å². The maximum absolute atomic E-state index is 12.7. The molecule has 2 rings (SSSR count). The Morgan fingerprint density at radius 1 is 1.14 bits per heavy atom. The van der Waals surface area contributed by atoms with Gasteiger partial charge in [0.15, 0.2) is 5.13 Å². The summed E-state index contributed by atoms with van der Waals surface area (Å²) in [4.78, 5) is 30.3. The Hall–Kier alpha value is -1.85. The number of nitrogens with one attached hydrogen (secondary N) is 2. The molecule has 0 saturated carbocycles. The van der Waals surface area contributed by atoms with Crippen molar-refractivity contribution in [2.24, 2.45) is 5.73 Å². The molecule has 158 valence electrons. The number of amides is 2. The topological polar surface area (TPSA) is 116 Å². The van der Waals surface area contributed by atoms with E-state index in [9.17, 15) is 9.59 Å². The third kappa shape index (κ3) is 7.82. The largest absolute Gasteiger partial charge is 0.379 e. The monoisotopic (exact) mass is 484 g/mol. The summed E-state index contributed by atoms with van der Waals surface area (Å²) in [7, 11) is 0. The molecule has 0 saturated heterocycles. The van der Waals surface area contributed by atoms with E-state index in [-0.39, 0.29) is 24.8 Å². The van der Waals surface area contributed by atoms with Crippen molar-refractivity contribution >= 4 is 49.9 Å². The molecular weight excluding hydrogens is 460 g/mol. The van der Waals surface area contributed by atoms with Gasteiger partial charge in [-0.15, -0.1) is 11.3 Å². The van der Waals surface area contributed by atoms with Crippen LogP contribution in [-0.4, -0.2) is 49.8 Å². The van der Waals surface area contributed by atoms with Crippen LogP contribution < -0.4 is 16.4 Å². The SMILES string of the molecule is Cc1nc(NC(=O)c2ccc(Br)cc2NC(=O)CCOCCOCCN)sc1C. The standard InChI is InChI=1S/C19H25BrN4O4S/c1-12-13(2)29-19(22-12)24-18(26)15-4-3-14(20)11-16(15)23-17(25)5-7-27-9-10-28-8-6-21/h3-4,11H,5-10,21H2,1-2H3,(H,23,25)(H,22,24,26). The van der Waals surface area contributed by atoms with E-state index in [4.69, 9.17) is 15.2 Å². The molecule has 0 spiro atoms. The van der Waals surface area contributed by atoms with Gasteiger partial charge in [0, 0.05) is 15.9 Å². The van der Waals surface area contributed by atoms with E-state index >= 15 is 0 Å². The van der Waals surface area contributed by atoms with Crippen LogP contribution in [0.3, 0.4) is 0 Å². The summed E-state index contributed by atoms with van der Waals surface area (Å²) in [6.07, 6.45) is 0.162. The van der Waals surface area contributed by atoms with Gasteiger partial charge in [0.25, 0.3) is 5.91 Å². The number of thiazole rings is 1. The lowest BCUT2D eigenvalue weighted by Gasteiger charge is -2.11. The molecule has 10 heteroatoms. The molecule has 2 amide bonds. The molecular formula is C19H25BrN4O4S. The third-order valence-electron chi connectivity index (χ3n) is 3.86. The van der Waals surface area contributed by atoms with E-state index < -0.39 is 0 Å². The highest BCUT2D eigenvalue weighted by molar-refractivity contribution is 9.10. The van der Waals surface area contributed by atoms with Crippen LogP contribution in [-0.2, 0) is 14.3 Å². The van der Waals surface area contributed by atoms with Crippen LogP contribution in [0.2, 0.25) is 0 Å². The van der Waals surface area contributed by atoms with Crippen molar-refractivity contribution in [1.82, 2.24) is 4.98 Å². The van der Waals surface area contributed by atoms with Crippen LogP contribution in [0.4, 0.5) is 10.8 Å². The second-order valence-corrected chi connectivity index (χ2v) is 8.24. The molecule has 2 aromatic rings. The Kier molecular flexibility index (Phi) is 9.68. The minimum atomic E-state index is -0.338. The van der Waals surface area contributed by atoms with Crippen molar-refractivity contribution < 1.29 is 19.1 Å². The third-order valence-corrected chi connectivity index (χ3v) is 5.34. The number of aromatic nitrogens is 1. The van der Waals surface area contributed by atoms with Crippen LogP contribution in [0.25, 0.3) is 0 Å². The Balaban J connectivity index is 1.91. The average molecular weight is 485 g/mol. The van der Waals surface area contributed by atoms with E-state index in [1.165, 1.54) is 11.3 Å². The van der Waals surface area contributed by atoms with Crippen molar-refractivity contribution in [3.05, 3.63) is 38.8 Å². The van der Waals surface area contributed by atoms with Gasteiger partial charge < -0.3 is 20.5 Å². The minimum Gasteiger partial charge on any atom is -0.379 e. The molecule has 0 radical (unpaired) electrons. The summed E-state index contributed by atoms with van der Waals surface area (Å²) in [5.41, 5.74) is 6.97. The van der Waals surface area contributed by atoms with Crippen LogP contribution >= 0.6 is 27.3 Å². The van der Waals surface area contributed by atoms with Crippen LogP contribution in [0, 0.1) is 13.8 Å². The number of nitrogens with two attached hydrogens (primary N) is 1. The van der Waals surface area contributed by atoms with Gasteiger partial charge in [-0.25, -0.2) is 4.98 Å². The van der Waals surface area contributed by atoms with Gasteiger partial charge in [-0.3, -0.25) is 14.9 Å². The Bertz CT molecular complexity index is 824. The first kappa shape index (κ1) is 23.4. The first-order chi connectivity index (χ1) is 13.9. The van der Waals surface area contributed by atoms with Gasteiger partial charge >= 0.3 is 0 Å². The molecule has 1 aromatic carbocycles. The average Bonchev–Trinajstić information content (AvgIpc) is 2.98. The van der Waals surface area contributed by atoms with Gasteiger partial charge in [-0.05, 0) is 32.0 Å². The summed E-state index contributed by atoms with van der Waals surface area (Å²) in [5.74, 6) is -0.587. The predicted octanol–water partition coefficient (Wildman–Crippen LogP) is 3.10. The van der Waals surface area contributed by atoms with Gasteiger partial charge in [0.1, 0.15) is 0 Å². The number of anilines is 2. The van der Waals surface area contributed by atoms with Gasteiger partial charge in [0.05, 0.1) is 49.8 Å². The number of nitrogens with zero attached hydrogens (tertiary/aromatic N) is 1. The van der Waals surface area contributed by atoms with E-state index in [1.807, 2.05) is 13.8 Å². The van der Waals surface area contributed by atoms with Crippen molar-refractivity contribution in [3.63, 3.8) is 0 Å². The van der Waals surface area contributed by atoms with Gasteiger partial charge in [-0.1, -0.05) is 15.9 Å². The summed E-state index contributed by atoms with van der Waals surface area (Å²) in [5, 5.41) is 6.08. The molecule has 0 aliphatic heterocycles. The number of halogens is 1. The lowest BCUT2D eigenvalue weighted by atomic mass is 10.1. The zero-order valence-corrected chi connectivity index (χ0v) is 18.8. The Morgan fingerprint density at radius 3 is 2.52 bits per heavy atom. The van der Waals surface area contributed by atoms with E-state index in [0.29, 0.717) is 42.7 Å². The molecule has 0 unspecified atom stereocenters. The molecule has 0 aliphatic carbocycles. The molecule has 0 bridgehead atoms. The molecule has 8 nitrogen and oxygen atoms in total. The van der Waals surface area contributed by atoms with Crippen LogP contribution in [0.1, 0.15) is 27.3 Å². The normalized spacial score (nSPS) is 10.8. The Morgan fingerprint density at radius 2 is 1.86 bits per heavy atom. The summed E-state index contributed by atoms with van der Waals surface area (Å²) in [6, 6.07) is 5.08. The minimum absolute atomic E-state index is 0.162. The zero-order valence-electron chi connectivity index (χ0n) is 16.4. The van der Waals surface area contributed by atoms with Crippen molar-refractivity contribution in [2.75, 3.05) is 43.6 Å². The highest BCUT2D eigenvalue weighted by Gasteiger charge is 2.16. The van der Waals surface area contributed by atoms with Gasteiger partial charge in [0.2, 0.25) is 5.91 Å². The smallest absolute Gasteiger partial charge is 0.259 e. The lowest BCUT2D eigenvalue weighted by molar-refractivity contribution is -0.117. The van der Waals surface area contributed by atoms with Crippen LogP contribution in [0.15, 0.2) is 22.7 Å². The first-order valence-corrected chi connectivity index (χ1v) is 10.7. The summed E-state index contributed by atoms with van der Waals surface area (Å²) < 4.78 is 11.3. The summed E-state index contributed by atoms with van der Waals surface area (Å²) in [6.45, 7) is 5.87. The highest BCUT2D eigenvalue weighted by Crippen LogP contribution is 2.25. The molecule has 1 heterocycles. The van der Waals surface area contributed by atoms with E-state index in [1.54, 1.807) is 18.2 Å². The van der Waals surface area contributed by atoms with Crippen molar-refractivity contribution in [1.29, 1.82) is 0 Å². The maximum atomic E-state index is 12.7. The summed E-state index contributed by atoms with van der Waals surface area (Å²) >= 11 is 4.78. The fourth-order valence-corrected chi connectivity index (χ4v) is 3.46. The van der Waals surface area contributed by atoms with E-state index in [0.717, 1.165) is 15.0 Å². The number of carbonyl (C=O) groups is 2.